The number of carbonyl (C=O) groups is 1. The summed E-state index contributed by atoms with van der Waals surface area (Å²) in [6.45, 7) is 4.73. The number of alkyl halides is 1. The van der Waals surface area contributed by atoms with Gasteiger partial charge in [0.25, 0.3) is 0 Å². The molecule has 0 unspecified atom stereocenters. The second kappa shape index (κ2) is 5.15. The molecule has 0 aliphatic carbocycles. The van der Waals surface area contributed by atoms with Crippen LogP contribution >= 0.6 is 15.9 Å². The third-order valence-corrected chi connectivity index (χ3v) is 2.60. The Morgan fingerprint density at radius 3 is 2.71 bits per heavy atom. The van der Waals surface area contributed by atoms with Crippen molar-refractivity contribution in [3.63, 3.8) is 0 Å². The lowest BCUT2D eigenvalue weighted by molar-refractivity contribution is -0.118. The number of carbonyl (C=O) groups excluding carboxylic acids is 1. The molecule has 0 radical (unpaired) electrons. The quantitative estimate of drug-likeness (QED) is 0.826. The first-order chi connectivity index (χ1) is 6.63. The highest BCUT2D eigenvalue weighted by atomic mass is 79.9. The van der Waals surface area contributed by atoms with Gasteiger partial charge in [0.1, 0.15) is 0 Å². The zero-order chi connectivity index (χ0) is 10.6. The number of halogens is 1. The zero-order valence-electron chi connectivity index (χ0n) is 8.43. The summed E-state index contributed by atoms with van der Waals surface area (Å²) in [7, 11) is 0. The van der Waals surface area contributed by atoms with Gasteiger partial charge in [0.15, 0.2) is 0 Å². The van der Waals surface area contributed by atoms with E-state index in [1.165, 1.54) is 16.7 Å². The molecule has 0 heterocycles. The van der Waals surface area contributed by atoms with Gasteiger partial charge < -0.3 is 5.32 Å². The highest BCUT2D eigenvalue weighted by Gasteiger charge is 2.00. The van der Waals surface area contributed by atoms with Crippen molar-refractivity contribution in [2.24, 2.45) is 0 Å². The van der Waals surface area contributed by atoms with Crippen molar-refractivity contribution in [2.75, 3.05) is 5.33 Å². The van der Waals surface area contributed by atoms with Crippen LogP contribution in [0.5, 0.6) is 0 Å². The van der Waals surface area contributed by atoms with E-state index in [9.17, 15) is 4.79 Å². The van der Waals surface area contributed by atoms with Crippen molar-refractivity contribution in [3.05, 3.63) is 34.9 Å². The Hall–Kier alpha value is -0.830. The van der Waals surface area contributed by atoms with Gasteiger partial charge in [-0.3, -0.25) is 4.79 Å². The molecule has 1 aromatic rings. The topological polar surface area (TPSA) is 29.1 Å². The molecule has 0 aromatic heterocycles. The summed E-state index contributed by atoms with van der Waals surface area (Å²) in [5.74, 6) is 0.0185. The molecule has 0 saturated carbocycles. The van der Waals surface area contributed by atoms with E-state index in [1.54, 1.807) is 0 Å². The molecule has 2 nitrogen and oxygen atoms in total. The summed E-state index contributed by atoms with van der Waals surface area (Å²) in [5, 5.41) is 3.18. The highest BCUT2D eigenvalue weighted by molar-refractivity contribution is 9.09. The van der Waals surface area contributed by atoms with E-state index in [0.29, 0.717) is 11.9 Å². The normalized spacial score (nSPS) is 9.93. The summed E-state index contributed by atoms with van der Waals surface area (Å²) < 4.78 is 0. The van der Waals surface area contributed by atoms with Gasteiger partial charge >= 0.3 is 0 Å². The second-order valence-corrected chi connectivity index (χ2v) is 3.90. The minimum absolute atomic E-state index is 0.0185. The fourth-order valence-corrected chi connectivity index (χ4v) is 1.48. The number of benzene rings is 1. The fourth-order valence-electron chi connectivity index (χ4n) is 1.29. The standard InChI is InChI=1S/C11H14BrNO/c1-8-3-4-10(9(2)5-8)7-13-11(14)6-12/h3-5H,6-7H2,1-2H3,(H,13,14). The second-order valence-electron chi connectivity index (χ2n) is 3.34. The Bertz CT molecular complexity index is 336. The summed E-state index contributed by atoms with van der Waals surface area (Å²) in [5.41, 5.74) is 3.64. The van der Waals surface area contributed by atoms with E-state index < -0.39 is 0 Å². The predicted molar refractivity (Wildman–Crippen MR) is 61.6 cm³/mol. The molecule has 0 aliphatic heterocycles. The lowest BCUT2D eigenvalue weighted by atomic mass is 10.1. The number of rotatable bonds is 3. The molecule has 0 fully saturated rings. The highest BCUT2D eigenvalue weighted by Crippen LogP contribution is 2.09. The van der Waals surface area contributed by atoms with Crippen LogP contribution in [0.4, 0.5) is 0 Å². The van der Waals surface area contributed by atoms with Crippen LogP contribution in [-0.4, -0.2) is 11.2 Å². The lowest BCUT2D eigenvalue weighted by Gasteiger charge is -2.07. The van der Waals surface area contributed by atoms with Crippen LogP contribution < -0.4 is 5.32 Å². The molecule has 0 bridgehead atoms. The minimum Gasteiger partial charge on any atom is -0.351 e. The van der Waals surface area contributed by atoms with Gasteiger partial charge in [-0.2, -0.15) is 0 Å². The van der Waals surface area contributed by atoms with E-state index in [-0.39, 0.29) is 5.91 Å². The van der Waals surface area contributed by atoms with Crippen LogP contribution in [0.1, 0.15) is 16.7 Å². The lowest BCUT2D eigenvalue weighted by Crippen LogP contribution is -2.23. The Morgan fingerprint density at radius 2 is 2.14 bits per heavy atom. The Balaban J connectivity index is 2.63. The van der Waals surface area contributed by atoms with Crippen molar-refractivity contribution in [2.45, 2.75) is 20.4 Å². The van der Waals surface area contributed by atoms with Crippen LogP contribution in [0.25, 0.3) is 0 Å². The van der Waals surface area contributed by atoms with Crippen molar-refractivity contribution < 1.29 is 4.79 Å². The van der Waals surface area contributed by atoms with Gasteiger partial charge in [-0.1, -0.05) is 39.7 Å². The van der Waals surface area contributed by atoms with Crippen molar-refractivity contribution in [1.82, 2.24) is 5.32 Å². The SMILES string of the molecule is Cc1ccc(CNC(=O)CBr)c(C)c1. The van der Waals surface area contributed by atoms with Crippen LogP contribution in [-0.2, 0) is 11.3 Å². The Labute approximate surface area is 92.8 Å². The molecule has 0 spiro atoms. The summed E-state index contributed by atoms with van der Waals surface area (Å²) in [4.78, 5) is 11.0. The first-order valence-corrected chi connectivity index (χ1v) is 5.64. The van der Waals surface area contributed by atoms with Crippen molar-refractivity contribution in [1.29, 1.82) is 0 Å². The number of aryl methyl sites for hydroxylation is 2. The first-order valence-electron chi connectivity index (χ1n) is 4.52. The Morgan fingerprint density at radius 1 is 1.43 bits per heavy atom. The largest absolute Gasteiger partial charge is 0.351 e. The molecular formula is C11H14BrNO. The predicted octanol–water partition coefficient (Wildman–Crippen LogP) is 2.31. The van der Waals surface area contributed by atoms with Gasteiger partial charge in [0.05, 0.1) is 5.33 Å². The van der Waals surface area contributed by atoms with E-state index >= 15 is 0 Å². The van der Waals surface area contributed by atoms with Crippen LogP contribution in [0, 0.1) is 13.8 Å². The molecule has 1 rings (SSSR count). The van der Waals surface area contributed by atoms with Crippen molar-refractivity contribution >= 4 is 21.8 Å². The van der Waals surface area contributed by atoms with Gasteiger partial charge in [-0.25, -0.2) is 0 Å². The van der Waals surface area contributed by atoms with Crippen LogP contribution in [0.15, 0.2) is 18.2 Å². The average Bonchev–Trinajstić information content (AvgIpc) is 2.16. The Kier molecular flexibility index (Phi) is 4.14. The molecule has 1 N–H and O–H groups in total. The number of hydrogen-bond acceptors (Lipinski definition) is 1. The van der Waals surface area contributed by atoms with E-state index in [2.05, 4.69) is 53.3 Å². The number of hydrogen-bond donors (Lipinski definition) is 1. The molecule has 0 saturated heterocycles. The maximum Gasteiger partial charge on any atom is 0.230 e. The molecule has 14 heavy (non-hydrogen) atoms. The van der Waals surface area contributed by atoms with Gasteiger partial charge in [0.2, 0.25) is 5.91 Å². The summed E-state index contributed by atoms with van der Waals surface area (Å²) >= 11 is 3.11. The summed E-state index contributed by atoms with van der Waals surface area (Å²) in [6, 6.07) is 6.23. The molecular weight excluding hydrogens is 242 g/mol. The van der Waals surface area contributed by atoms with E-state index in [4.69, 9.17) is 0 Å². The van der Waals surface area contributed by atoms with Gasteiger partial charge in [-0.05, 0) is 25.0 Å². The van der Waals surface area contributed by atoms with Crippen molar-refractivity contribution in [3.8, 4) is 0 Å². The molecule has 76 valence electrons. The van der Waals surface area contributed by atoms with E-state index in [1.807, 2.05) is 0 Å². The third kappa shape index (κ3) is 3.14. The molecule has 1 amide bonds. The van der Waals surface area contributed by atoms with Gasteiger partial charge in [0, 0.05) is 6.54 Å². The monoisotopic (exact) mass is 255 g/mol. The molecule has 3 heteroatoms. The van der Waals surface area contributed by atoms with E-state index in [0.717, 1.165) is 0 Å². The van der Waals surface area contributed by atoms with Crippen LogP contribution in [0.2, 0.25) is 0 Å². The zero-order valence-corrected chi connectivity index (χ0v) is 10.0. The average molecular weight is 256 g/mol. The molecule has 0 aliphatic rings. The maximum absolute atomic E-state index is 11.0. The third-order valence-electron chi connectivity index (χ3n) is 2.10. The molecule has 0 atom stereocenters. The molecule has 1 aromatic carbocycles. The number of amides is 1. The van der Waals surface area contributed by atoms with Crippen LogP contribution in [0.3, 0.4) is 0 Å². The number of nitrogens with one attached hydrogen (secondary N) is 1. The first kappa shape index (κ1) is 11.2. The smallest absolute Gasteiger partial charge is 0.230 e. The maximum atomic E-state index is 11.0. The fraction of sp³-hybridized carbons (Fsp3) is 0.364. The summed E-state index contributed by atoms with van der Waals surface area (Å²) in [6.07, 6.45) is 0. The van der Waals surface area contributed by atoms with Gasteiger partial charge in [-0.15, -0.1) is 0 Å². The minimum atomic E-state index is 0.0185.